The maximum Gasteiger partial charge on any atom is 0.573 e. The third-order valence-electron chi connectivity index (χ3n) is 4.53. The third-order valence-corrected chi connectivity index (χ3v) is 4.73. The summed E-state index contributed by atoms with van der Waals surface area (Å²) in [6.45, 7) is 1.62. The number of thiocarbonyl (C=S) groups is 1. The van der Waals surface area contributed by atoms with E-state index in [1.165, 1.54) is 48.7 Å². The summed E-state index contributed by atoms with van der Waals surface area (Å²) in [6, 6.07) is 16.5. The topological polar surface area (TPSA) is 67.2 Å². The van der Waals surface area contributed by atoms with Crippen molar-refractivity contribution >= 4 is 34.9 Å². The van der Waals surface area contributed by atoms with E-state index in [9.17, 15) is 26.3 Å². The van der Waals surface area contributed by atoms with Crippen LogP contribution in [0.15, 0.2) is 83.1 Å². The Morgan fingerprint density at radius 2 is 1.49 bits per heavy atom. The minimum Gasteiger partial charge on any atom is -0.406 e. The molecule has 3 aromatic rings. The van der Waals surface area contributed by atoms with Gasteiger partial charge in [0.2, 0.25) is 0 Å². The molecule has 0 aliphatic carbocycles. The Balaban J connectivity index is 1.52. The lowest BCUT2D eigenvalue weighted by Gasteiger charge is -2.14. The highest BCUT2D eigenvalue weighted by Gasteiger charge is 2.33. The highest BCUT2D eigenvalue weighted by atomic mass is 32.1. The number of benzene rings is 3. The Morgan fingerprint density at radius 1 is 0.865 bits per heavy atom. The minimum atomic E-state index is -4.77. The van der Waals surface area contributed by atoms with Crippen molar-refractivity contribution in [1.82, 2.24) is 5.43 Å². The van der Waals surface area contributed by atoms with Crippen LogP contribution in [0.3, 0.4) is 0 Å². The van der Waals surface area contributed by atoms with E-state index in [0.29, 0.717) is 22.6 Å². The second kappa shape index (κ2) is 11.7. The molecule has 194 valence electrons. The van der Waals surface area contributed by atoms with Gasteiger partial charge in [0.25, 0.3) is 0 Å². The molecule has 6 nitrogen and oxygen atoms in total. The monoisotopic (exact) mass is 540 g/mol. The number of ether oxygens (including phenoxy) is 1. The molecule has 2 N–H and O–H groups in total. The summed E-state index contributed by atoms with van der Waals surface area (Å²) in [5.74, 6) is 0.0295. The van der Waals surface area contributed by atoms with Gasteiger partial charge < -0.3 is 14.9 Å². The van der Waals surface area contributed by atoms with Gasteiger partial charge in [0, 0.05) is 0 Å². The van der Waals surface area contributed by atoms with Gasteiger partial charge in [0.05, 0.1) is 23.2 Å². The predicted molar refractivity (Wildman–Crippen MR) is 131 cm³/mol. The van der Waals surface area contributed by atoms with Crippen LogP contribution in [0.1, 0.15) is 23.6 Å². The van der Waals surface area contributed by atoms with Crippen LogP contribution in [0.5, 0.6) is 11.5 Å². The van der Waals surface area contributed by atoms with Crippen LogP contribution in [0.4, 0.5) is 32.0 Å². The van der Waals surface area contributed by atoms with Crippen LogP contribution in [0, 0.1) is 0 Å². The van der Waals surface area contributed by atoms with E-state index in [1.807, 2.05) is 0 Å². The molecule has 0 heterocycles. The smallest absolute Gasteiger partial charge is 0.406 e. The van der Waals surface area contributed by atoms with Gasteiger partial charge in [-0.3, -0.25) is 5.43 Å². The van der Waals surface area contributed by atoms with E-state index in [-0.39, 0.29) is 16.5 Å². The molecule has 0 unspecified atom stereocenters. The molecule has 0 fully saturated rings. The molecule has 0 bridgehead atoms. The van der Waals surface area contributed by atoms with Gasteiger partial charge in [-0.25, -0.2) is 0 Å². The van der Waals surface area contributed by atoms with Crippen molar-refractivity contribution < 1.29 is 35.9 Å². The van der Waals surface area contributed by atoms with E-state index in [0.717, 1.165) is 6.07 Å². The fraction of sp³-hybridized carbons (Fsp3) is 0.125. The molecule has 0 amide bonds. The van der Waals surface area contributed by atoms with Crippen molar-refractivity contribution in [2.75, 3.05) is 5.32 Å². The van der Waals surface area contributed by atoms with Crippen LogP contribution >= 0.6 is 12.2 Å². The van der Waals surface area contributed by atoms with E-state index in [2.05, 4.69) is 25.7 Å². The van der Waals surface area contributed by atoms with Gasteiger partial charge in [0.15, 0.2) is 10.9 Å². The SMILES string of the molecule is CC(=NOc1ccc(C=NNC(=S)Nc2ccccc2C(F)(F)F)cc1)c1ccc(OC(F)(F)F)cc1. The van der Waals surface area contributed by atoms with Crippen LogP contribution in [-0.4, -0.2) is 23.4 Å². The number of hydrazone groups is 1. The first kappa shape index (κ1) is 27.5. The first-order valence-corrected chi connectivity index (χ1v) is 10.8. The van der Waals surface area contributed by atoms with Crippen LogP contribution in [-0.2, 0) is 6.18 Å². The molecule has 0 aliphatic rings. The number of nitrogens with zero attached hydrogens (tertiary/aromatic N) is 2. The molecule has 13 heteroatoms. The van der Waals surface area contributed by atoms with Gasteiger partial charge in [0.1, 0.15) is 5.75 Å². The van der Waals surface area contributed by atoms with Crippen molar-refractivity contribution in [3.8, 4) is 11.5 Å². The summed E-state index contributed by atoms with van der Waals surface area (Å²) < 4.78 is 79.8. The van der Waals surface area contributed by atoms with E-state index >= 15 is 0 Å². The minimum absolute atomic E-state index is 0.129. The van der Waals surface area contributed by atoms with Gasteiger partial charge in [-0.2, -0.15) is 18.3 Å². The van der Waals surface area contributed by atoms with Crippen molar-refractivity contribution in [3.05, 3.63) is 89.5 Å². The lowest BCUT2D eigenvalue weighted by atomic mass is 10.1. The molecule has 0 radical (unpaired) electrons. The number of para-hydroxylation sites is 1. The molecular weight excluding hydrogens is 522 g/mol. The van der Waals surface area contributed by atoms with Crippen LogP contribution in [0.25, 0.3) is 0 Å². The zero-order valence-electron chi connectivity index (χ0n) is 18.9. The molecule has 0 saturated heterocycles. The summed E-state index contributed by atoms with van der Waals surface area (Å²) in [7, 11) is 0. The van der Waals surface area contributed by atoms with Crippen molar-refractivity contribution in [2.45, 2.75) is 19.5 Å². The molecule has 0 saturated carbocycles. The van der Waals surface area contributed by atoms with Crippen molar-refractivity contribution in [3.63, 3.8) is 0 Å². The number of oxime groups is 1. The molecule has 0 atom stereocenters. The second-order valence-electron chi connectivity index (χ2n) is 7.28. The third kappa shape index (κ3) is 8.79. The molecule has 0 aromatic heterocycles. The molecular formula is C24H18F6N4O2S. The summed E-state index contributed by atoms with van der Waals surface area (Å²) in [5, 5.41) is 10.2. The number of alkyl halides is 6. The summed E-state index contributed by atoms with van der Waals surface area (Å²) >= 11 is 4.99. The van der Waals surface area contributed by atoms with Gasteiger partial charge in [-0.05, 0) is 90.9 Å². The highest BCUT2D eigenvalue weighted by molar-refractivity contribution is 7.80. The zero-order valence-corrected chi connectivity index (χ0v) is 19.7. The van der Waals surface area contributed by atoms with Crippen LogP contribution in [0.2, 0.25) is 0 Å². The second-order valence-corrected chi connectivity index (χ2v) is 7.68. The Kier molecular flexibility index (Phi) is 8.71. The number of nitrogens with one attached hydrogen (secondary N) is 2. The van der Waals surface area contributed by atoms with Crippen molar-refractivity contribution in [1.29, 1.82) is 0 Å². The van der Waals surface area contributed by atoms with Gasteiger partial charge in [-0.1, -0.05) is 17.3 Å². The normalized spacial score (nSPS) is 12.4. The highest BCUT2D eigenvalue weighted by Crippen LogP contribution is 2.34. The molecule has 3 aromatic carbocycles. The van der Waals surface area contributed by atoms with E-state index in [1.54, 1.807) is 31.2 Å². The van der Waals surface area contributed by atoms with Crippen molar-refractivity contribution in [2.24, 2.45) is 10.3 Å². The fourth-order valence-electron chi connectivity index (χ4n) is 2.84. The van der Waals surface area contributed by atoms with Gasteiger partial charge >= 0.3 is 12.5 Å². The Bertz CT molecular complexity index is 1270. The summed E-state index contributed by atoms with van der Waals surface area (Å²) in [5.41, 5.74) is 2.96. The zero-order chi connectivity index (χ0) is 27.1. The number of rotatable bonds is 7. The number of hydrogen-bond acceptors (Lipinski definition) is 5. The Labute approximate surface area is 212 Å². The summed E-state index contributed by atoms with van der Waals surface area (Å²) in [6.07, 6.45) is -7.91. The standard InChI is InChI=1S/C24H18F6N4O2S/c1-15(17-8-12-18(13-9-17)35-24(28,29)30)34-36-19-10-6-16(7-11-19)14-31-33-22(37)32-21-5-3-2-4-20(21)23(25,26)27/h2-14H,1H3,(H2,32,33,37). The molecule has 0 spiro atoms. The van der Waals surface area contributed by atoms with Gasteiger partial charge in [-0.15, -0.1) is 13.2 Å². The number of hydrogen-bond donors (Lipinski definition) is 2. The largest absolute Gasteiger partial charge is 0.573 e. The maximum absolute atomic E-state index is 13.1. The lowest BCUT2D eigenvalue weighted by molar-refractivity contribution is -0.274. The lowest BCUT2D eigenvalue weighted by Crippen LogP contribution is -2.25. The Hall–Kier alpha value is -4.13. The number of halogens is 6. The molecule has 37 heavy (non-hydrogen) atoms. The average molecular weight is 540 g/mol. The first-order chi connectivity index (χ1) is 17.4. The Morgan fingerprint density at radius 3 is 2.11 bits per heavy atom. The first-order valence-electron chi connectivity index (χ1n) is 10.3. The number of anilines is 1. The summed E-state index contributed by atoms with van der Waals surface area (Å²) in [4.78, 5) is 5.33. The molecule has 3 rings (SSSR count). The average Bonchev–Trinajstić information content (AvgIpc) is 2.82. The molecule has 0 aliphatic heterocycles. The fourth-order valence-corrected chi connectivity index (χ4v) is 3.00. The predicted octanol–water partition coefficient (Wildman–Crippen LogP) is 6.73. The van der Waals surface area contributed by atoms with E-state index in [4.69, 9.17) is 17.1 Å². The maximum atomic E-state index is 13.1. The van der Waals surface area contributed by atoms with Crippen LogP contribution < -0.4 is 20.3 Å². The quantitative estimate of drug-likeness (QED) is 0.151. The van der Waals surface area contributed by atoms with E-state index < -0.39 is 18.1 Å².